The molecule has 1 unspecified atom stereocenters. The highest BCUT2D eigenvalue weighted by Crippen LogP contribution is 2.44. The van der Waals surface area contributed by atoms with Crippen molar-refractivity contribution in [3.05, 3.63) is 41.4 Å². The van der Waals surface area contributed by atoms with Gasteiger partial charge in [0.05, 0.1) is 29.2 Å². The molecular weight excluding hydrogens is 452 g/mol. The van der Waals surface area contributed by atoms with Gasteiger partial charge >= 0.3 is 0 Å². The molecule has 3 aromatic rings. The first-order chi connectivity index (χ1) is 15.8. The van der Waals surface area contributed by atoms with Crippen LogP contribution in [0.5, 0.6) is 0 Å². The summed E-state index contributed by atoms with van der Waals surface area (Å²) < 4.78 is 26.9. The van der Waals surface area contributed by atoms with Crippen LogP contribution in [-0.4, -0.2) is 61.6 Å². The molecule has 0 N–H and O–H groups in total. The molecule has 33 heavy (non-hydrogen) atoms. The third kappa shape index (κ3) is 4.23. The van der Waals surface area contributed by atoms with Crippen molar-refractivity contribution in [1.82, 2.24) is 29.6 Å². The summed E-state index contributed by atoms with van der Waals surface area (Å²) in [5.74, 6) is 0.790. The van der Waals surface area contributed by atoms with Crippen molar-refractivity contribution in [2.75, 3.05) is 24.5 Å². The predicted molar refractivity (Wildman–Crippen MR) is 119 cm³/mol. The average Bonchev–Trinajstić information content (AvgIpc) is 3.34. The molecule has 0 radical (unpaired) electrons. The third-order valence-electron chi connectivity index (χ3n) is 6.79. The summed E-state index contributed by atoms with van der Waals surface area (Å²) >= 11 is 5.95. The number of likely N-dealkylation sites (tertiary alicyclic amines) is 1. The Balaban J connectivity index is 1.28. The quantitative estimate of drug-likeness (QED) is 0.559. The smallest absolute Gasteiger partial charge is 0.258 e. The lowest BCUT2D eigenvalue weighted by Gasteiger charge is -2.39. The van der Waals surface area contributed by atoms with Crippen molar-refractivity contribution in [2.24, 2.45) is 5.41 Å². The molecule has 0 saturated carbocycles. The molecule has 0 aromatic carbocycles. The highest BCUT2D eigenvalue weighted by atomic mass is 35.5. The number of hydrogen-bond donors (Lipinski definition) is 0. The largest absolute Gasteiger partial charge is 0.355 e. The Morgan fingerprint density at radius 1 is 1.15 bits per heavy atom. The zero-order valence-electron chi connectivity index (χ0n) is 18.2. The van der Waals surface area contributed by atoms with Gasteiger partial charge in [-0.05, 0) is 31.9 Å². The van der Waals surface area contributed by atoms with E-state index in [2.05, 4.69) is 25.0 Å². The fourth-order valence-corrected chi connectivity index (χ4v) is 4.99. The Morgan fingerprint density at radius 3 is 2.64 bits per heavy atom. The molecular formula is C22H24ClF2N7O. The van der Waals surface area contributed by atoms with Gasteiger partial charge in [-0.1, -0.05) is 11.6 Å². The average molecular weight is 476 g/mol. The van der Waals surface area contributed by atoms with Crippen LogP contribution in [0.2, 0.25) is 5.02 Å². The highest BCUT2D eigenvalue weighted by molar-refractivity contribution is 6.30. The predicted octanol–water partition coefficient (Wildman–Crippen LogP) is 3.72. The maximum atomic E-state index is 12.9. The Morgan fingerprint density at radius 2 is 1.94 bits per heavy atom. The first-order valence-corrected chi connectivity index (χ1v) is 11.3. The lowest BCUT2D eigenvalue weighted by molar-refractivity contribution is -0.129. The van der Waals surface area contributed by atoms with Crippen molar-refractivity contribution in [3.63, 3.8) is 0 Å². The van der Waals surface area contributed by atoms with Crippen LogP contribution in [0.15, 0.2) is 30.7 Å². The van der Waals surface area contributed by atoms with Crippen LogP contribution in [0.25, 0.3) is 11.2 Å². The molecule has 5 heterocycles. The van der Waals surface area contributed by atoms with E-state index >= 15 is 0 Å². The topological polar surface area (TPSA) is 80.0 Å². The molecule has 1 atom stereocenters. The van der Waals surface area contributed by atoms with Gasteiger partial charge < -0.3 is 9.80 Å². The van der Waals surface area contributed by atoms with Crippen molar-refractivity contribution in [3.8, 4) is 0 Å². The number of fused-ring (bicyclic) bond motifs is 1. The van der Waals surface area contributed by atoms with E-state index in [1.807, 2.05) is 17.9 Å². The minimum absolute atomic E-state index is 0.0801. The zero-order chi connectivity index (χ0) is 23.2. The van der Waals surface area contributed by atoms with Crippen molar-refractivity contribution >= 4 is 34.5 Å². The van der Waals surface area contributed by atoms with Gasteiger partial charge in [-0.2, -0.15) is 5.10 Å². The maximum absolute atomic E-state index is 12.9. The van der Waals surface area contributed by atoms with Gasteiger partial charge in [-0.15, -0.1) is 0 Å². The number of amides is 1. The van der Waals surface area contributed by atoms with E-state index in [0.717, 1.165) is 31.6 Å². The standard InChI is InChI=1S/C22H24ClF2N7O/c1-14(16-3-2-15(23)9-26-16)31-13-22(8-20(31)33)4-6-30(7-5-22)19-11-27-17-10-28-32(12-18(24)25)21(17)29-19/h2-3,9-11,14,18H,4-8,12-13H2,1H3. The molecule has 2 saturated heterocycles. The van der Waals surface area contributed by atoms with E-state index in [9.17, 15) is 13.6 Å². The Kier molecular flexibility index (Phi) is 5.64. The molecule has 0 aliphatic carbocycles. The SMILES string of the molecule is CC(c1ccc(Cl)cn1)N1CC2(CCN(c3cnc4cnn(CC(F)F)c4n3)CC2)CC1=O. The zero-order valence-corrected chi connectivity index (χ0v) is 18.9. The van der Waals surface area contributed by atoms with Crippen LogP contribution in [0.3, 0.4) is 0 Å². The number of rotatable bonds is 5. The van der Waals surface area contributed by atoms with Crippen LogP contribution >= 0.6 is 11.6 Å². The number of carbonyl (C=O) groups excluding carboxylic acids is 1. The molecule has 1 spiro atoms. The first-order valence-electron chi connectivity index (χ1n) is 11.0. The van der Waals surface area contributed by atoms with E-state index in [4.69, 9.17) is 11.6 Å². The van der Waals surface area contributed by atoms with Crippen LogP contribution in [-0.2, 0) is 11.3 Å². The minimum Gasteiger partial charge on any atom is -0.355 e. The minimum atomic E-state index is -2.51. The normalized spacial score (nSPS) is 19.2. The monoisotopic (exact) mass is 475 g/mol. The first kappa shape index (κ1) is 21.9. The summed E-state index contributed by atoms with van der Waals surface area (Å²) in [4.78, 5) is 30.2. The van der Waals surface area contributed by atoms with Crippen molar-refractivity contribution in [1.29, 1.82) is 0 Å². The van der Waals surface area contributed by atoms with Gasteiger partial charge in [0.15, 0.2) is 5.65 Å². The van der Waals surface area contributed by atoms with E-state index in [1.54, 1.807) is 18.5 Å². The second kappa shape index (κ2) is 8.48. The summed E-state index contributed by atoms with van der Waals surface area (Å²) in [6, 6.07) is 3.54. The number of hydrogen-bond acceptors (Lipinski definition) is 6. The number of pyridine rings is 1. The van der Waals surface area contributed by atoms with E-state index in [-0.39, 0.29) is 17.4 Å². The van der Waals surface area contributed by atoms with Gasteiger partial charge in [0.25, 0.3) is 6.43 Å². The number of piperidine rings is 1. The van der Waals surface area contributed by atoms with E-state index < -0.39 is 13.0 Å². The van der Waals surface area contributed by atoms with Crippen molar-refractivity contribution in [2.45, 2.75) is 45.2 Å². The second-order valence-electron chi connectivity index (χ2n) is 8.92. The lowest BCUT2D eigenvalue weighted by Crippen LogP contribution is -2.42. The highest BCUT2D eigenvalue weighted by Gasteiger charge is 2.46. The van der Waals surface area contributed by atoms with Gasteiger partial charge in [-0.25, -0.2) is 23.4 Å². The molecule has 1 amide bonds. The van der Waals surface area contributed by atoms with Crippen LogP contribution in [0, 0.1) is 5.41 Å². The summed E-state index contributed by atoms with van der Waals surface area (Å²) in [5, 5.41) is 4.55. The summed E-state index contributed by atoms with van der Waals surface area (Å²) in [6.07, 6.45) is 4.40. The Labute approximate surface area is 194 Å². The van der Waals surface area contributed by atoms with Gasteiger partial charge in [0.2, 0.25) is 5.91 Å². The lowest BCUT2D eigenvalue weighted by atomic mass is 9.77. The van der Waals surface area contributed by atoms with Crippen LogP contribution in [0.4, 0.5) is 14.6 Å². The van der Waals surface area contributed by atoms with E-state index in [0.29, 0.717) is 35.0 Å². The molecule has 0 bridgehead atoms. The number of halogens is 3. The van der Waals surface area contributed by atoms with Crippen LogP contribution in [0.1, 0.15) is 37.9 Å². The maximum Gasteiger partial charge on any atom is 0.258 e. The molecule has 174 valence electrons. The van der Waals surface area contributed by atoms with Gasteiger partial charge in [-0.3, -0.25) is 9.78 Å². The number of aromatic nitrogens is 5. The van der Waals surface area contributed by atoms with Crippen molar-refractivity contribution < 1.29 is 13.6 Å². The Hall–Kier alpha value is -2.88. The molecule has 5 rings (SSSR count). The second-order valence-corrected chi connectivity index (χ2v) is 9.35. The number of alkyl halides is 2. The number of nitrogens with zero attached hydrogens (tertiary/aromatic N) is 7. The summed E-state index contributed by atoms with van der Waals surface area (Å²) in [7, 11) is 0. The fraction of sp³-hybridized carbons (Fsp3) is 0.500. The molecule has 8 nitrogen and oxygen atoms in total. The fourth-order valence-electron chi connectivity index (χ4n) is 4.88. The van der Waals surface area contributed by atoms with Gasteiger partial charge in [0.1, 0.15) is 17.9 Å². The molecule has 11 heteroatoms. The van der Waals surface area contributed by atoms with E-state index in [1.165, 1.54) is 10.9 Å². The molecule has 2 aliphatic heterocycles. The summed E-state index contributed by atoms with van der Waals surface area (Å²) in [6.45, 7) is 3.62. The van der Waals surface area contributed by atoms with Gasteiger partial charge in [0, 0.05) is 37.7 Å². The summed E-state index contributed by atoms with van der Waals surface area (Å²) in [5.41, 5.74) is 1.60. The molecule has 2 fully saturated rings. The molecule has 2 aliphatic rings. The number of anilines is 1. The molecule has 3 aromatic heterocycles. The third-order valence-corrected chi connectivity index (χ3v) is 7.01. The van der Waals surface area contributed by atoms with Crippen LogP contribution < -0.4 is 4.90 Å². The number of carbonyl (C=O) groups is 1. The Bertz CT molecular complexity index is 1160.